The second-order valence-corrected chi connectivity index (χ2v) is 21.2. The number of hydrogen-bond acceptors (Lipinski definition) is 3. The quantitative estimate of drug-likeness (QED) is 0.152. The van der Waals surface area contributed by atoms with E-state index in [1.807, 2.05) is 36.4 Å². The Labute approximate surface area is 471 Å². The molecule has 0 saturated heterocycles. The molecular weight excluding hydrogens is 999 g/mol. The van der Waals surface area contributed by atoms with Crippen LogP contribution in [0.1, 0.15) is 0 Å². The second kappa shape index (κ2) is 18.2. The van der Waals surface area contributed by atoms with Gasteiger partial charge in [-0.15, -0.1) is 0 Å². The molecule has 0 saturated carbocycles. The first-order valence-corrected chi connectivity index (χ1v) is 27.8. The molecule has 0 atom stereocenters. The minimum Gasteiger partial charge on any atom is -0.309 e. The third kappa shape index (κ3) is 7.06. The summed E-state index contributed by atoms with van der Waals surface area (Å²) in [4.78, 5) is 16.1. The van der Waals surface area contributed by atoms with Gasteiger partial charge in [0.25, 0.3) is 0 Å². The van der Waals surface area contributed by atoms with Crippen LogP contribution in [0.2, 0.25) is 0 Å². The van der Waals surface area contributed by atoms with Crippen LogP contribution in [0.15, 0.2) is 285 Å². The highest BCUT2D eigenvalue weighted by Crippen LogP contribution is 2.43. The maximum absolute atomic E-state index is 5.46. The van der Waals surface area contributed by atoms with E-state index in [1.165, 1.54) is 32.3 Å². The summed E-state index contributed by atoms with van der Waals surface area (Å²) in [5.41, 5.74) is 18.1. The number of para-hydroxylation sites is 6. The van der Waals surface area contributed by atoms with E-state index >= 15 is 0 Å². The molecule has 0 aliphatic carbocycles. The molecule has 0 aliphatic heterocycles. The van der Waals surface area contributed by atoms with E-state index in [0.29, 0.717) is 17.5 Å². The van der Waals surface area contributed by atoms with Crippen LogP contribution in [-0.4, -0.2) is 33.2 Å². The van der Waals surface area contributed by atoms with Crippen LogP contribution in [0.3, 0.4) is 0 Å². The maximum atomic E-state index is 5.46. The number of benzene rings is 12. The Bertz CT molecular complexity index is 5060. The van der Waals surface area contributed by atoms with Gasteiger partial charge in [0, 0.05) is 76.8 Å². The standard InChI is InChI=1S/C75H47N7/c1-4-20-48(21-5-1)73-76-74(49-22-6-2-7-23-49)78-75(77-73)63-44-50(51-36-40-60-59-30-14-15-31-64(59)79(72(60)45-51)52-24-8-3-9-25-52)37-41-71(63)82-69-42-38-53(80-65-32-16-10-26-55(65)56-27-11-17-33-66(56)80)46-61(69)62-47-54(39-43-70(62)82)81-67-34-18-12-28-57(67)58-29-13-19-35-68(58)81/h1-47H. The predicted molar refractivity (Wildman–Crippen MR) is 339 cm³/mol. The van der Waals surface area contributed by atoms with Gasteiger partial charge in [0.15, 0.2) is 17.5 Å². The Kier molecular flexibility index (Phi) is 10.2. The van der Waals surface area contributed by atoms with Crippen LogP contribution in [0.5, 0.6) is 0 Å². The van der Waals surface area contributed by atoms with Crippen LogP contribution in [0, 0.1) is 0 Å². The molecule has 0 radical (unpaired) electrons. The van der Waals surface area contributed by atoms with Gasteiger partial charge in [0.2, 0.25) is 0 Å². The van der Waals surface area contributed by atoms with E-state index in [9.17, 15) is 0 Å². The third-order valence-corrected chi connectivity index (χ3v) is 16.6. The van der Waals surface area contributed by atoms with Crippen molar-refractivity contribution in [2.24, 2.45) is 0 Å². The average Bonchev–Trinajstić information content (AvgIpc) is 4.45. The zero-order valence-electron chi connectivity index (χ0n) is 44.3. The third-order valence-electron chi connectivity index (χ3n) is 16.6. The molecule has 0 bridgehead atoms. The molecule has 7 heteroatoms. The number of aromatic nitrogens is 7. The van der Waals surface area contributed by atoms with Gasteiger partial charge in [0.1, 0.15) is 0 Å². The Hall–Kier alpha value is -11.2. The normalized spacial score (nSPS) is 11.9. The number of fused-ring (bicyclic) bond motifs is 12. The molecule has 0 N–H and O–H groups in total. The fraction of sp³-hybridized carbons (Fsp3) is 0. The summed E-state index contributed by atoms with van der Waals surface area (Å²) in [7, 11) is 0. The second-order valence-electron chi connectivity index (χ2n) is 21.2. The maximum Gasteiger partial charge on any atom is 0.166 e. The summed E-state index contributed by atoms with van der Waals surface area (Å²) in [5, 5.41) is 9.55. The van der Waals surface area contributed by atoms with Gasteiger partial charge >= 0.3 is 0 Å². The molecule has 17 rings (SSSR count). The highest BCUT2D eigenvalue weighted by Gasteiger charge is 2.24. The van der Waals surface area contributed by atoms with E-state index in [-0.39, 0.29) is 0 Å². The fourth-order valence-corrected chi connectivity index (χ4v) is 13.0. The van der Waals surface area contributed by atoms with Gasteiger partial charge in [-0.2, -0.15) is 0 Å². The van der Waals surface area contributed by atoms with E-state index in [4.69, 9.17) is 15.0 Å². The van der Waals surface area contributed by atoms with Crippen molar-refractivity contribution in [3.8, 4) is 68.0 Å². The van der Waals surface area contributed by atoms with Gasteiger partial charge < -0.3 is 18.3 Å². The number of rotatable bonds is 8. The first kappa shape index (κ1) is 45.8. The SMILES string of the molecule is c1ccc(-c2nc(-c3ccccc3)nc(-c3cc(-c4ccc5c6ccccc6n(-c6ccccc6)c5c4)ccc3-n3c4ccc(-n5c6ccccc6c6ccccc65)cc4c4cc(-n5c6ccccc6c6ccccc65)ccc43)n2)cc1. The van der Waals surface area contributed by atoms with Crippen molar-refractivity contribution in [1.29, 1.82) is 0 Å². The molecule has 17 aromatic rings. The van der Waals surface area contributed by atoms with Gasteiger partial charge in [0.05, 0.1) is 49.8 Å². The van der Waals surface area contributed by atoms with Crippen LogP contribution >= 0.6 is 0 Å². The van der Waals surface area contributed by atoms with Crippen molar-refractivity contribution in [3.63, 3.8) is 0 Å². The molecule has 7 nitrogen and oxygen atoms in total. The lowest BCUT2D eigenvalue weighted by molar-refractivity contribution is 1.06. The summed E-state index contributed by atoms with van der Waals surface area (Å²) in [6.45, 7) is 0. The predicted octanol–water partition coefficient (Wildman–Crippen LogP) is 18.9. The molecule has 5 aromatic heterocycles. The smallest absolute Gasteiger partial charge is 0.166 e. The molecule has 382 valence electrons. The first-order chi connectivity index (χ1) is 40.7. The Morgan fingerprint density at radius 3 is 1.01 bits per heavy atom. The van der Waals surface area contributed by atoms with Gasteiger partial charge in [-0.25, -0.2) is 15.0 Å². The Morgan fingerprint density at radius 2 is 0.549 bits per heavy atom. The fourth-order valence-electron chi connectivity index (χ4n) is 13.0. The molecule has 12 aromatic carbocycles. The topological polar surface area (TPSA) is 58.4 Å². The van der Waals surface area contributed by atoms with Crippen LogP contribution in [0.25, 0.3) is 155 Å². The van der Waals surface area contributed by atoms with E-state index in [2.05, 4.69) is 267 Å². The number of hydrogen-bond donors (Lipinski definition) is 0. The zero-order chi connectivity index (χ0) is 53.8. The minimum absolute atomic E-state index is 0.572. The lowest BCUT2D eigenvalue weighted by atomic mass is 9.99. The zero-order valence-corrected chi connectivity index (χ0v) is 44.3. The van der Waals surface area contributed by atoms with Crippen molar-refractivity contribution >= 4 is 87.2 Å². The molecule has 0 fully saturated rings. The molecule has 0 spiro atoms. The molecule has 82 heavy (non-hydrogen) atoms. The minimum atomic E-state index is 0.572. The van der Waals surface area contributed by atoms with Gasteiger partial charge in [-0.1, -0.05) is 188 Å². The van der Waals surface area contributed by atoms with Crippen LogP contribution in [0.4, 0.5) is 0 Å². The van der Waals surface area contributed by atoms with Crippen molar-refractivity contribution in [1.82, 2.24) is 33.2 Å². The van der Waals surface area contributed by atoms with Crippen molar-refractivity contribution in [2.75, 3.05) is 0 Å². The first-order valence-electron chi connectivity index (χ1n) is 27.8. The monoisotopic (exact) mass is 1050 g/mol. The lowest BCUT2D eigenvalue weighted by Crippen LogP contribution is -2.04. The number of nitrogens with zero attached hydrogens (tertiary/aromatic N) is 7. The summed E-state index contributed by atoms with van der Waals surface area (Å²) < 4.78 is 9.64. The van der Waals surface area contributed by atoms with Crippen molar-refractivity contribution in [2.45, 2.75) is 0 Å². The Balaban J connectivity index is 0.959. The van der Waals surface area contributed by atoms with Crippen molar-refractivity contribution in [3.05, 3.63) is 285 Å². The summed E-state index contributed by atoms with van der Waals surface area (Å²) in [5.74, 6) is 1.77. The Morgan fingerprint density at radius 1 is 0.195 bits per heavy atom. The lowest BCUT2D eigenvalue weighted by Gasteiger charge is -2.17. The summed E-state index contributed by atoms with van der Waals surface area (Å²) >= 11 is 0. The van der Waals surface area contributed by atoms with Gasteiger partial charge in [-0.05, 0) is 108 Å². The summed E-state index contributed by atoms with van der Waals surface area (Å²) in [6, 6.07) is 102. The highest BCUT2D eigenvalue weighted by atomic mass is 15.1. The average molecular weight is 1050 g/mol. The summed E-state index contributed by atoms with van der Waals surface area (Å²) in [6.07, 6.45) is 0. The van der Waals surface area contributed by atoms with E-state index in [0.717, 1.165) is 105 Å². The van der Waals surface area contributed by atoms with Crippen molar-refractivity contribution < 1.29 is 0 Å². The molecule has 0 amide bonds. The molecule has 0 aliphatic rings. The van der Waals surface area contributed by atoms with E-state index in [1.54, 1.807) is 0 Å². The van der Waals surface area contributed by atoms with Crippen LogP contribution < -0.4 is 0 Å². The highest BCUT2D eigenvalue weighted by molar-refractivity contribution is 6.15. The largest absolute Gasteiger partial charge is 0.309 e. The molecule has 5 heterocycles. The molecule has 0 unspecified atom stereocenters. The van der Waals surface area contributed by atoms with Gasteiger partial charge in [-0.3, -0.25) is 0 Å². The van der Waals surface area contributed by atoms with E-state index < -0.39 is 0 Å². The van der Waals surface area contributed by atoms with Crippen LogP contribution in [-0.2, 0) is 0 Å². The molecular formula is C75H47N7.